The number of hydrogen-bond donors (Lipinski definition) is 0. The van der Waals surface area contributed by atoms with Gasteiger partial charge in [-0.1, -0.05) is 35.9 Å². The van der Waals surface area contributed by atoms with Crippen LogP contribution in [0.15, 0.2) is 54.6 Å². The Labute approximate surface area is 116 Å². The Morgan fingerprint density at radius 1 is 0.938 bits per heavy atom. The molecule has 0 spiro atoms. The number of carbonyl (C=O) groups excluding carboxylic acids is 1. The second-order valence-electron chi connectivity index (χ2n) is 2.98. The molecule has 0 aliphatic rings. The fraction of sp³-hybridized carbons (Fsp3) is 0. The van der Waals surface area contributed by atoms with E-state index in [-0.39, 0.29) is 5.78 Å². The van der Waals surface area contributed by atoms with Crippen LogP contribution in [0.2, 0.25) is 0 Å². The van der Waals surface area contributed by atoms with Gasteiger partial charge in [0.1, 0.15) is 0 Å². The van der Waals surface area contributed by atoms with Crippen LogP contribution < -0.4 is 0 Å². The average Bonchev–Trinajstić information content (AvgIpc) is 2.42. The van der Waals surface area contributed by atoms with E-state index in [4.69, 9.17) is 0 Å². The summed E-state index contributed by atoms with van der Waals surface area (Å²) in [5.74, 6) is 0.0552. The molecule has 0 bridgehead atoms. The summed E-state index contributed by atoms with van der Waals surface area (Å²) in [6.07, 6.45) is 0. The van der Waals surface area contributed by atoms with Crippen LogP contribution in [-0.2, 0) is 14.8 Å². The summed E-state index contributed by atoms with van der Waals surface area (Å²) in [7, 11) is 0. The molecule has 2 aromatic rings. The molecular formula is C13H9IOZn. The predicted octanol–water partition coefficient (Wildman–Crippen LogP) is 3.60. The molecule has 0 radical (unpaired) electrons. The van der Waals surface area contributed by atoms with E-state index < -0.39 is 0 Å². The van der Waals surface area contributed by atoms with Gasteiger partial charge in [-0.3, -0.25) is 4.79 Å². The molecular weight excluding hydrogens is 364 g/mol. The third-order valence-electron chi connectivity index (χ3n) is 2.02. The fourth-order valence-corrected chi connectivity index (χ4v) is 1.29. The molecule has 0 atom stereocenters. The maximum atomic E-state index is 11.8. The van der Waals surface area contributed by atoms with Crippen LogP contribution in [-0.4, -0.2) is 5.78 Å². The Kier molecular flexibility index (Phi) is 6.50. The normalized spacial score (nSPS) is 8.94. The van der Waals surface area contributed by atoms with Crippen LogP contribution in [0.1, 0.15) is 15.9 Å². The van der Waals surface area contributed by atoms with Crippen LogP contribution >= 0.6 is 19.8 Å². The number of halogens is 1. The molecule has 0 aliphatic heterocycles. The summed E-state index contributed by atoms with van der Waals surface area (Å²) >= 11 is 3.62. The molecule has 0 aromatic heterocycles. The molecule has 0 aliphatic carbocycles. The van der Waals surface area contributed by atoms with E-state index >= 15 is 0 Å². The van der Waals surface area contributed by atoms with Crippen LogP contribution in [0.4, 0.5) is 0 Å². The SMILES string of the molecule is O=C(c1cc[c-]cc1)c1ccccc1.[Zn+][I]. The molecule has 76 valence electrons. The minimum absolute atomic E-state index is 0.0552. The van der Waals surface area contributed by atoms with Gasteiger partial charge < -0.3 is 0 Å². The van der Waals surface area contributed by atoms with Crippen molar-refractivity contribution in [3.05, 3.63) is 71.8 Å². The first-order valence-electron chi connectivity index (χ1n) is 4.70. The van der Waals surface area contributed by atoms with E-state index in [2.05, 4.69) is 25.8 Å². The van der Waals surface area contributed by atoms with Crippen LogP contribution in [0, 0.1) is 6.07 Å². The summed E-state index contributed by atoms with van der Waals surface area (Å²) in [5.41, 5.74) is 1.42. The first kappa shape index (κ1) is 13.5. The van der Waals surface area contributed by atoms with Crippen LogP contribution in [0.5, 0.6) is 0 Å². The van der Waals surface area contributed by atoms with Gasteiger partial charge in [-0.2, -0.15) is 30.3 Å². The molecule has 2 aromatic carbocycles. The van der Waals surface area contributed by atoms with Gasteiger partial charge in [-0.15, -0.1) is 0 Å². The van der Waals surface area contributed by atoms with Crippen molar-refractivity contribution < 1.29 is 19.6 Å². The molecule has 3 heteroatoms. The quantitative estimate of drug-likeness (QED) is 0.340. The molecule has 0 N–H and O–H groups in total. The Morgan fingerprint density at radius 2 is 1.44 bits per heavy atom. The molecule has 0 heterocycles. The van der Waals surface area contributed by atoms with Gasteiger partial charge >= 0.3 is 34.5 Å². The summed E-state index contributed by atoms with van der Waals surface area (Å²) in [5, 5.41) is 0. The second-order valence-corrected chi connectivity index (χ2v) is 2.98. The van der Waals surface area contributed by atoms with Crippen molar-refractivity contribution in [1.29, 1.82) is 0 Å². The Hall–Kier alpha value is -0.537. The molecule has 0 amide bonds. The van der Waals surface area contributed by atoms with Gasteiger partial charge in [0.2, 0.25) is 0 Å². The van der Waals surface area contributed by atoms with E-state index in [0.717, 1.165) is 5.56 Å². The average molecular weight is 374 g/mol. The van der Waals surface area contributed by atoms with Gasteiger partial charge in [0.05, 0.1) is 0 Å². The zero-order valence-corrected chi connectivity index (χ0v) is 13.8. The van der Waals surface area contributed by atoms with Crippen molar-refractivity contribution in [2.24, 2.45) is 0 Å². The van der Waals surface area contributed by atoms with Crippen molar-refractivity contribution >= 4 is 25.5 Å². The monoisotopic (exact) mass is 372 g/mol. The Morgan fingerprint density at radius 3 is 2.00 bits per heavy atom. The standard InChI is InChI=1S/C13H9O.HI.Zn/c14-13(11-7-3-1-4-8-11)12-9-5-2-6-10-12;;/h1,3-10H;1H;/q-1;;+2/p-1. The van der Waals surface area contributed by atoms with E-state index in [9.17, 15) is 4.79 Å². The molecule has 2 rings (SSSR count). The molecule has 0 saturated heterocycles. The fourth-order valence-electron chi connectivity index (χ4n) is 1.29. The zero-order chi connectivity index (χ0) is 11.8. The third-order valence-corrected chi connectivity index (χ3v) is 2.02. The molecule has 0 saturated carbocycles. The molecule has 0 unspecified atom stereocenters. The molecule has 0 fully saturated rings. The van der Waals surface area contributed by atoms with Gasteiger partial charge in [0.25, 0.3) is 0 Å². The first-order chi connectivity index (χ1) is 7.88. The summed E-state index contributed by atoms with van der Waals surface area (Å²) < 4.78 is 0. The Balaban J connectivity index is 0.000000606. The van der Waals surface area contributed by atoms with Gasteiger partial charge in [0.15, 0.2) is 5.78 Å². The van der Waals surface area contributed by atoms with E-state index in [1.54, 1.807) is 24.3 Å². The number of benzene rings is 2. The van der Waals surface area contributed by atoms with Crippen molar-refractivity contribution in [2.75, 3.05) is 0 Å². The zero-order valence-electron chi connectivity index (χ0n) is 8.69. The van der Waals surface area contributed by atoms with Gasteiger partial charge in [-0.05, 0) is 0 Å². The van der Waals surface area contributed by atoms with Crippen LogP contribution in [0.25, 0.3) is 0 Å². The first-order valence-corrected chi connectivity index (χ1v) is 13.8. The number of rotatable bonds is 2. The second kappa shape index (κ2) is 7.69. The molecule has 1 nitrogen and oxygen atoms in total. The number of hydrogen-bond acceptors (Lipinski definition) is 1. The van der Waals surface area contributed by atoms with E-state index in [0.29, 0.717) is 5.56 Å². The van der Waals surface area contributed by atoms with E-state index in [1.807, 2.05) is 30.3 Å². The van der Waals surface area contributed by atoms with Gasteiger partial charge in [0, 0.05) is 5.56 Å². The summed E-state index contributed by atoms with van der Waals surface area (Å²) in [6.45, 7) is 0. The predicted molar refractivity (Wildman–Crippen MR) is 69.2 cm³/mol. The summed E-state index contributed by atoms with van der Waals surface area (Å²) in [4.78, 5) is 11.8. The van der Waals surface area contributed by atoms with Gasteiger partial charge in [-0.25, -0.2) is 0 Å². The maximum absolute atomic E-state index is 11.8. The van der Waals surface area contributed by atoms with E-state index in [1.165, 1.54) is 14.8 Å². The van der Waals surface area contributed by atoms with Crippen molar-refractivity contribution in [3.8, 4) is 0 Å². The minimum atomic E-state index is 0.0552. The van der Waals surface area contributed by atoms with Crippen molar-refractivity contribution in [2.45, 2.75) is 0 Å². The number of carbonyl (C=O) groups is 1. The summed E-state index contributed by atoms with van der Waals surface area (Å²) in [6, 6.07) is 19.2. The molecule has 16 heavy (non-hydrogen) atoms. The Bertz CT molecular complexity index is 387. The van der Waals surface area contributed by atoms with Crippen molar-refractivity contribution in [3.63, 3.8) is 0 Å². The topological polar surface area (TPSA) is 17.1 Å². The number of ketones is 1. The third kappa shape index (κ3) is 3.80. The van der Waals surface area contributed by atoms with Crippen molar-refractivity contribution in [1.82, 2.24) is 0 Å². The van der Waals surface area contributed by atoms with Crippen LogP contribution in [0.3, 0.4) is 0 Å².